The Morgan fingerprint density at radius 1 is 1.53 bits per heavy atom. The number of rotatable bonds is 3. The van der Waals surface area contributed by atoms with Gasteiger partial charge in [0.15, 0.2) is 0 Å². The van der Waals surface area contributed by atoms with Crippen LogP contribution in [0.3, 0.4) is 0 Å². The zero-order valence-corrected chi connectivity index (χ0v) is 10.5. The molecule has 0 amide bonds. The predicted octanol–water partition coefficient (Wildman–Crippen LogP) is 4.20. The summed E-state index contributed by atoms with van der Waals surface area (Å²) in [6, 6.07) is 2.09. The van der Waals surface area contributed by atoms with E-state index in [2.05, 4.69) is 37.7 Å². The van der Waals surface area contributed by atoms with Crippen LogP contribution in [0.25, 0.3) is 5.57 Å². The Labute approximate surface area is 93.3 Å². The van der Waals surface area contributed by atoms with E-state index in [1.807, 2.05) is 31.7 Å². The molecule has 1 heterocycles. The Kier molecular flexibility index (Phi) is 6.43. The van der Waals surface area contributed by atoms with Crippen LogP contribution in [0.2, 0.25) is 0 Å². The number of aliphatic imine (C=N–C) groups is 1. The molecular weight excluding hydrogens is 184 g/mol. The molecular formula is C13H22N2. The molecule has 0 radical (unpaired) electrons. The summed E-state index contributed by atoms with van der Waals surface area (Å²) in [5, 5.41) is 0. The van der Waals surface area contributed by atoms with Crippen LogP contribution in [-0.2, 0) is 7.05 Å². The molecule has 1 aromatic rings. The average molecular weight is 206 g/mol. The highest BCUT2D eigenvalue weighted by Crippen LogP contribution is 2.28. The van der Waals surface area contributed by atoms with Crippen molar-refractivity contribution in [1.82, 2.24) is 4.57 Å². The number of allylic oxidation sites excluding steroid dienone is 2. The number of nitrogens with zero attached hydrogens (tertiary/aromatic N) is 2. The highest BCUT2D eigenvalue weighted by atomic mass is 15.0. The van der Waals surface area contributed by atoms with E-state index in [9.17, 15) is 0 Å². The van der Waals surface area contributed by atoms with Crippen molar-refractivity contribution in [3.05, 3.63) is 23.9 Å². The van der Waals surface area contributed by atoms with Gasteiger partial charge in [-0.2, -0.15) is 0 Å². The third kappa shape index (κ3) is 3.08. The van der Waals surface area contributed by atoms with Crippen molar-refractivity contribution in [1.29, 1.82) is 0 Å². The van der Waals surface area contributed by atoms with E-state index in [1.54, 1.807) is 0 Å². The molecule has 0 fully saturated rings. The van der Waals surface area contributed by atoms with Crippen molar-refractivity contribution in [2.24, 2.45) is 12.0 Å². The normalized spacial score (nSPS) is 10.6. The molecule has 0 aliphatic heterocycles. The fourth-order valence-electron chi connectivity index (χ4n) is 1.52. The van der Waals surface area contributed by atoms with Crippen LogP contribution in [0.4, 0.5) is 5.82 Å². The minimum Gasteiger partial charge on any atom is -0.336 e. The summed E-state index contributed by atoms with van der Waals surface area (Å²) in [4.78, 5) is 4.02. The predicted molar refractivity (Wildman–Crippen MR) is 69.9 cm³/mol. The Bertz CT molecular complexity index is 332. The van der Waals surface area contributed by atoms with E-state index in [4.69, 9.17) is 0 Å². The molecule has 2 nitrogen and oxygen atoms in total. The molecule has 15 heavy (non-hydrogen) atoms. The number of hydrogen-bond acceptors (Lipinski definition) is 1. The minimum absolute atomic E-state index is 0.954. The van der Waals surface area contributed by atoms with Gasteiger partial charge in [0.1, 0.15) is 5.82 Å². The summed E-state index contributed by atoms with van der Waals surface area (Å²) in [5.41, 5.74) is 2.52. The van der Waals surface area contributed by atoms with Crippen LogP contribution in [0.15, 0.2) is 23.3 Å². The van der Waals surface area contributed by atoms with Crippen molar-refractivity contribution >= 4 is 18.1 Å². The molecule has 0 saturated carbocycles. The van der Waals surface area contributed by atoms with E-state index in [0.29, 0.717) is 0 Å². The fourth-order valence-corrected chi connectivity index (χ4v) is 1.52. The summed E-state index contributed by atoms with van der Waals surface area (Å²) in [7, 11) is 1.98. The third-order valence-electron chi connectivity index (χ3n) is 2.26. The van der Waals surface area contributed by atoms with Gasteiger partial charge in [-0.25, -0.2) is 4.99 Å². The SMILES string of the molecule is C=Nc1c(/C(=C\C)CC)ccn1C.CC. The molecule has 0 bridgehead atoms. The van der Waals surface area contributed by atoms with E-state index < -0.39 is 0 Å². The van der Waals surface area contributed by atoms with Gasteiger partial charge in [-0.05, 0) is 31.7 Å². The van der Waals surface area contributed by atoms with Gasteiger partial charge in [-0.15, -0.1) is 0 Å². The first-order valence-corrected chi connectivity index (χ1v) is 5.52. The van der Waals surface area contributed by atoms with Crippen LogP contribution in [0.1, 0.15) is 39.7 Å². The second kappa shape index (κ2) is 7.04. The summed E-state index contributed by atoms with van der Waals surface area (Å²) < 4.78 is 1.99. The summed E-state index contributed by atoms with van der Waals surface area (Å²) in [6.07, 6.45) is 5.17. The average Bonchev–Trinajstić information content (AvgIpc) is 2.65. The molecule has 0 saturated heterocycles. The maximum Gasteiger partial charge on any atom is 0.139 e. The number of hydrogen-bond donors (Lipinski definition) is 0. The van der Waals surface area contributed by atoms with Crippen LogP contribution in [0, 0.1) is 0 Å². The van der Waals surface area contributed by atoms with Gasteiger partial charge in [-0.1, -0.05) is 26.8 Å². The summed E-state index contributed by atoms with van der Waals surface area (Å²) in [6.45, 7) is 11.8. The van der Waals surface area contributed by atoms with Crippen LogP contribution < -0.4 is 0 Å². The molecule has 0 aliphatic rings. The standard InChI is InChI=1S/C11H16N2.C2H6/c1-5-9(6-2)10-7-8-13(4)11(10)12-3;1-2/h5,7-8H,3,6H2,1-2,4H3;1-2H3/b9-5-;. The van der Waals surface area contributed by atoms with Crippen molar-refractivity contribution < 1.29 is 0 Å². The first kappa shape index (κ1) is 13.7. The highest BCUT2D eigenvalue weighted by molar-refractivity contribution is 5.74. The number of aryl methyl sites for hydroxylation is 1. The third-order valence-corrected chi connectivity index (χ3v) is 2.26. The molecule has 2 heteroatoms. The lowest BCUT2D eigenvalue weighted by molar-refractivity contribution is 0.925. The van der Waals surface area contributed by atoms with E-state index >= 15 is 0 Å². The molecule has 0 aromatic carbocycles. The van der Waals surface area contributed by atoms with Gasteiger partial charge in [0.2, 0.25) is 0 Å². The van der Waals surface area contributed by atoms with Crippen molar-refractivity contribution in [2.75, 3.05) is 0 Å². The van der Waals surface area contributed by atoms with E-state index in [0.717, 1.165) is 12.2 Å². The molecule has 0 atom stereocenters. The first-order valence-electron chi connectivity index (χ1n) is 5.52. The molecule has 1 rings (SSSR count). The second-order valence-corrected chi connectivity index (χ2v) is 2.99. The zero-order chi connectivity index (χ0) is 11.8. The summed E-state index contributed by atoms with van der Waals surface area (Å²) in [5.74, 6) is 0.954. The van der Waals surface area contributed by atoms with Crippen LogP contribution >= 0.6 is 0 Å². The Morgan fingerprint density at radius 2 is 2.13 bits per heavy atom. The smallest absolute Gasteiger partial charge is 0.139 e. The monoisotopic (exact) mass is 206 g/mol. The number of aromatic nitrogens is 1. The molecule has 1 aromatic heterocycles. The maximum atomic E-state index is 4.02. The molecule has 0 spiro atoms. The first-order chi connectivity index (χ1) is 7.24. The van der Waals surface area contributed by atoms with E-state index in [1.165, 1.54) is 11.1 Å². The van der Waals surface area contributed by atoms with Gasteiger partial charge in [-0.3, -0.25) is 0 Å². The highest BCUT2D eigenvalue weighted by Gasteiger charge is 2.07. The molecule has 0 aliphatic carbocycles. The van der Waals surface area contributed by atoms with Crippen molar-refractivity contribution in [3.63, 3.8) is 0 Å². The Morgan fingerprint density at radius 3 is 2.53 bits per heavy atom. The lowest BCUT2D eigenvalue weighted by Gasteiger charge is -2.03. The topological polar surface area (TPSA) is 17.3 Å². The fraction of sp³-hybridized carbons (Fsp3) is 0.462. The van der Waals surface area contributed by atoms with Gasteiger partial charge in [0.25, 0.3) is 0 Å². The van der Waals surface area contributed by atoms with Gasteiger partial charge in [0.05, 0.1) is 0 Å². The molecule has 0 unspecified atom stereocenters. The molecule has 0 N–H and O–H groups in total. The van der Waals surface area contributed by atoms with Gasteiger partial charge in [0, 0.05) is 18.8 Å². The van der Waals surface area contributed by atoms with E-state index in [-0.39, 0.29) is 0 Å². The zero-order valence-electron chi connectivity index (χ0n) is 10.5. The largest absolute Gasteiger partial charge is 0.336 e. The lowest BCUT2D eigenvalue weighted by Crippen LogP contribution is -1.85. The van der Waals surface area contributed by atoms with Crippen molar-refractivity contribution in [3.8, 4) is 0 Å². The summed E-state index contributed by atoms with van der Waals surface area (Å²) >= 11 is 0. The van der Waals surface area contributed by atoms with Gasteiger partial charge < -0.3 is 4.57 Å². The van der Waals surface area contributed by atoms with Gasteiger partial charge >= 0.3 is 0 Å². The Balaban J connectivity index is 0.000000921. The molecule has 84 valence electrons. The minimum atomic E-state index is 0.954. The Hall–Kier alpha value is -1.31. The second-order valence-electron chi connectivity index (χ2n) is 2.99. The van der Waals surface area contributed by atoms with Crippen LogP contribution in [-0.4, -0.2) is 11.3 Å². The lowest BCUT2D eigenvalue weighted by atomic mass is 10.1. The maximum absolute atomic E-state index is 4.02. The quantitative estimate of drug-likeness (QED) is 0.660. The van der Waals surface area contributed by atoms with Crippen molar-refractivity contribution in [2.45, 2.75) is 34.1 Å². The van der Waals surface area contributed by atoms with Crippen LogP contribution in [0.5, 0.6) is 0 Å².